The molecule has 3 aromatic rings. The minimum absolute atomic E-state index is 0.474. The number of benzene rings is 1. The summed E-state index contributed by atoms with van der Waals surface area (Å²) in [6.07, 6.45) is 1.87. The van der Waals surface area contributed by atoms with Crippen LogP contribution in [0.1, 0.15) is 10.7 Å². The summed E-state index contributed by atoms with van der Waals surface area (Å²) in [4.78, 5) is 4.44. The number of fused-ring (bicyclic) bond motifs is 1. The molecule has 3 rings (SSSR count). The summed E-state index contributed by atoms with van der Waals surface area (Å²) in [7, 11) is 1.64. The van der Waals surface area contributed by atoms with Crippen LogP contribution >= 0.6 is 11.3 Å². The fraction of sp³-hybridized carbons (Fsp3) is 0.250. The van der Waals surface area contributed by atoms with E-state index in [9.17, 15) is 0 Å². The molecular formula is C12H12N4OS. The third-order valence-electron chi connectivity index (χ3n) is 2.58. The first-order valence-corrected chi connectivity index (χ1v) is 6.35. The van der Waals surface area contributed by atoms with Crippen molar-refractivity contribution in [2.45, 2.75) is 13.5 Å². The van der Waals surface area contributed by atoms with Gasteiger partial charge in [0, 0.05) is 7.11 Å². The number of rotatable bonds is 3. The predicted octanol–water partition coefficient (Wildman–Crippen LogP) is 2.33. The quantitative estimate of drug-likeness (QED) is 0.725. The molecule has 2 heterocycles. The van der Waals surface area contributed by atoms with E-state index in [2.05, 4.69) is 21.4 Å². The van der Waals surface area contributed by atoms with E-state index in [4.69, 9.17) is 4.74 Å². The lowest BCUT2D eigenvalue weighted by molar-refractivity contribution is 0.181. The van der Waals surface area contributed by atoms with Crippen molar-refractivity contribution in [1.29, 1.82) is 0 Å². The van der Waals surface area contributed by atoms with E-state index in [1.165, 1.54) is 0 Å². The van der Waals surface area contributed by atoms with Crippen LogP contribution < -0.4 is 0 Å². The Morgan fingerprint density at radius 2 is 2.28 bits per heavy atom. The van der Waals surface area contributed by atoms with Gasteiger partial charge < -0.3 is 4.74 Å². The first-order chi connectivity index (χ1) is 8.76. The van der Waals surface area contributed by atoms with E-state index in [1.807, 2.05) is 25.3 Å². The van der Waals surface area contributed by atoms with Gasteiger partial charge in [0.25, 0.3) is 0 Å². The second-order valence-corrected chi connectivity index (χ2v) is 5.21. The Labute approximate surface area is 108 Å². The number of aryl methyl sites for hydroxylation is 1. The largest absolute Gasteiger partial charge is 0.378 e. The molecule has 18 heavy (non-hydrogen) atoms. The van der Waals surface area contributed by atoms with E-state index in [0.29, 0.717) is 6.61 Å². The molecule has 92 valence electrons. The number of methoxy groups -OCH3 is 1. The SMILES string of the molecule is COCc1cn(-c2ccc3nc(C)sc3c2)nn1. The van der Waals surface area contributed by atoms with Crippen LogP contribution in [-0.2, 0) is 11.3 Å². The molecule has 5 nitrogen and oxygen atoms in total. The van der Waals surface area contributed by atoms with Gasteiger partial charge in [-0.3, -0.25) is 0 Å². The standard InChI is InChI=1S/C12H12N4OS/c1-8-13-11-4-3-10(5-12(11)18-8)16-6-9(7-17-2)14-15-16/h3-6H,7H2,1-2H3. The Morgan fingerprint density at radius 1 is 1.39 bits per heavy atom. The van der Waals surface area contributed by atoms with Gasteiger partial charge in [0.1, 0.15) is 5.69 Å². The number of hydrogen-bond donors (Lipinski definition) is 0. The number of thiazole rings is 1. The lowest BCUT2D eigenvalue weighted by Gasteiger charge is -1.98. The zero-order chi connectivity index (χ0) is 12.5. The van der Waals surface area contributed by atoms with Gasteiger partial charge in [-0.25, -0.2) is 9.67 Å². The van der Waals surface area contributed by atoms with E-state index >= 15 is 0 Å². The van der Waals surface area contributed by atoms with Gasteiger partial charge in [-0.05, 0) is 25.1 Å². The average molecular weight is 260 g/mol. The second-order valence-electron chi connectivity index (χ2n) is 3.97. The van der Waals surface area contributed by atoms with Crippen LogP contribution in [0, 0.1) is 6.92 Å². The number of aromatic nitrogens is 4. The summed E-state index contributed by atoms with van der Waals surface area (Å²) in [5, 5.41) is 9.20. The highest BCUT2D eigenvalue weighted by molar-refractivity contribution is 7.18. The van der Waals surface area contributed by atoms with Gasteiger partial charge in [0.2, 0.25) is 0 Å². The first-order valence-electron chi connectivity index (χ1n) is 5.54. The van der Waals surface area contributed by atoms with Crippen molar-refractivity contribution in [2.24, 2.45) is 0 Å². The molecule has 0 bridgehead atoms. The van der Waals surface area contributed by atoms with Gasteiger partial charge in [-0.1, -0.05) is 5.21 Å². The molecule has 0 saturated carbocycles. The van der Waals surface area contributed by atoms with Crippen molar-refractivity contribution >= 4 is 21.6 Å². The van der Waals surface area contributed by atoms with Crippen molar-refractivity contribution in [3.05, 3.63) is 35.1 Å². The maximum atomic E-state index is 5.03. The molecule has 0 atom stereocenters. The molecule has 0 N–H and O–H groups in total. The van der Waals surface area contributed by atoms with Crippen LogP contribution in [0.15, 0.2) is 24.4 Å². The molecule has 0 aliphatic carbocycles. The van der Waals surface area contributed by atoms with E-state index in [0.717, 1.165) is 26.6 Å². The summed E-state index contributed by atoms with van der Waals surface area (Å²) < 4.78 is 7.94. The van der Waals surface area contributed by atoms with Gasteiger partial charge in [0.05, 0.1) is 33.7 Å². The van der Waals surface area contributed by atoms with Gasteiger partial charge in [-0.2, -0.15) is 0 Å². The zero-order valence-corrected chi connectivity index (χ0v) is 10.9. The van der Waals surface area contributed by atoms with E-state index in [1.54, 1.807) is 23.1 Å². The lowest BCUT2D eigenvalue weighted by atomic mass is 10.3. The van der Waals surface area contributed by atoms with Gasteiger partial charge in [-0.15, -0.1) is 16.4 Å². The Morgan fingerprint density at radius 3 is 3.11 bits per heavy atom. The molecule has 0 unspecified atom stereocenters. The van der Waals surface area contributed by atoms with Gasteiger partial charge in [0.15, 0.2) is 0 Å². The molecule has 2 aromatic heterocycles. The number of hydrogen-bond acceptors (Lipinski definition) is 5. The molecule has 0 spiro atoms. The highest BCUT2D eigenvalue weighted by Crippen LogP contribution is 2.23. The fourth-order valence-electron chi connectivity index (χ4n) is 1.81. The maximum Gasteiger partial charge on any atom is 0.109 e. The van der Waals surface area contributed by atoms with Crippen LogP contribution in [-0.4, -0.2) is 27.1 Å². The van der Waals surface area contributed by atoms with Crippen LogP contribution in [0.2, 0.25) is 0 Å². The topological polar surface area (TPSA) is 52.8 Å². The minimum Gasteiger partial charge on any atom is -0.378 e. The van der Waals surface area contributed by atoms with Crippen molar-refractivity contribution in [1.82, 2.24) is 20.0 Å². The van der Waals surface area contributed by atoms with E-state index < -0.39 is 0 Å². The van der Waals surface area contributed by atoms with Crippen molar-refractivity contribution in [2.75, 3.05) is 7.11 Å². The van der Waals surface area contributed by atoms with Crippen LogP contribution in [0.3, 0.4) is 0 Å². The fourth-order valence-corrected chi connectivity index (χ4v) is 2.67. The third kappa shape index (κ3) is 2.00. The number of nitrogens with zero attached hydrogens (tertiary/aromatic N) is 4. The monoisotopic (exact) mass is 260 g/mol. The molecule has 0 radical (unpaired) electrons. The Kier molecular flexibility index (Phi) is 2.81. The predicted molar refractivity (Wildman–Crippen MR) is 70.0 cm³/mol. The van der Waals surface area contributed by atoms with Gasteiger partial charge >= 0.3 is 0 Å². The van der Waals surface area contributed by atoms with E-state index in [-0.39, 0.29) is 0 Å². The summed E-state index contributed by atoms with van der Waals surface area (Å²) >= 11 is 1.68. The van der Waals surface area contributed by atoms with Crippen LogP contribution in [0.25, 0.3) is 15.9 Å². The maximum absolute atomic E-state index is 5.03. The third-order valence-corrected chi connectivity index (χ3v) is 3.51. The molecule has 0 aliphatic rings. The summed E-state index contributed by atoms with van der Waals surface area (Å²) in [5.74, 6) is 0. The highest BCUT2D eigenvalue weighted by Gasteiger charge is 2.05. The van der Waals surface area contributed by atoms with Crippen molar-refractivity contribution in [3.8, 4) is 5.69 Å². The smallest absolute Gasteiger partial charge is 0.109 e. The summed E-state index contributed by atoms with van der Waals surface area (Å²) in [5.41, 5.74) is 2.83. The van der Waals surface area contributed by atoms with Crippen molar-refractivity contribution in [3.63, 3.8) is 0 Å². The molecule has 1 aromatic carbocycles. The van der Waals surface area contributed by atoms with Crippen LogP contribution in [0.5, 0.6) is 0 Å². The molecule has 0 amide bonds. The number of ether oxygens (including phenoxy) is 1. The average Bonchev–Trinajstić information content (AvgIpc) is 2.93. The second kappa shape index (κ2) is 4.47. The van der Waals surface area contributed by atoms with Crippen molar-refractivity contribution < 1.29 is 4.74 Å². The summed E-state index contributed by atoms with van der Waals surface area (Å²) in [6, 6.07) is 6.07. The molecule has 0 saturated heterocycles. The molecular weight excluding hydrogens is 248 g/mol. The molecule has 6 heteroatoms. The highest BCUT2D eigenvalue weighted by atomic mass is 32.1. The summed E-state index contributed by atoms with van der Waals surface area (Å²) in [6.45, 7) is 2.48. The lowest BCUT2D eigenvalue weighted by Crippen LogP contribution is -1.94. The van der Waals surface area contributed by atoms with Crippen LogP contribution in [0.4, 0.5) is 0 Å². The normalized spacial score (nSPS) is 11.2. The zero-order valence-electron chi connectivity index (χ0n) is 10.1. The Balaban J connectivity index is 2.01. The molecule has 0 fully saturated rings. The Hall–Kier alpha value is -1.79. The minimum atomic E-state index is 0.474. The molecule has 0 aliphatic heterocycles. The Bertz CT molecular complexity index is 688. The first kappa shape index (κ1) is 11.3.